The molecule has 1 heterocycles. The van der Waals surface area contributed by atoms with E-state index in [9.17, 15) is 8.42 Å². The van der Waals surface area contributed by atoms with Gasteiger partial charge in [0.05, 0.1) is 9.37 Å². The van der Waals surface area contributed by atoms with Crippen LogP contribution in [0.2, 0.25) is 5.02 Å². The van der Waals surface area contributed by atoms with Gasteiger partial charge < -0.3 is 10.6 Å². The van der Waals surface area contributed by atoms with Crippen molar-refractivity contribution in [3.8, 4) is 0 Å². The first-order valence-corrected chi connectivity index (χ1v) is 9.36. The van der Waals surface area contributed by atoms with Crippen molar-refractivity contribution < 1.29 is 8.42 Å². The van der Waals surface area contributed by atoms with Crippen molar-refractivity contribution in [2.75, 3.05) is 39.0 Å². The molecule has 21 heavy (non-hydrogen) atoms. The highest BCUT2D eigenvalue weighted by molar-refractivity contribution is 9.10. The summed E-state index contributed by atoms with van der Waals surface area (Å²) in [6.45, 7) is 3.27. The summed E-state index contributed by atoms with van der Waals surface area (Å²) in [5.41, 5.74) is 6.08. The van der Waals surface area contributed by atoms with Crippen molar-refractivity contribution in [1.82, 2.24) is 9.21 Å². The predicted octanol–water partition coefficient (Wildman–Crippen LogP) is 2.40. The van der Waals surface area contributed by atoms with E-state index in [1.165, 1.54) is 29.3 Å². The average Bonchev–Trinajstić information content (AvgIpc) is 2.93. The number of likely N-dealkylation sites (tertiary alicyclic amines) is 1. The van der Waals surface area contributed by atoms with Gasteiger partial charge >= 0.3 is 0 Å². The van der Waals surface area contributed by atoms with Gasteiger partial charge in [-0.1, -0.05) is 11.6 Å². The van der Waals surface area contributed by atoms with Crippen LogP contribution in [0.1, 0.15) is 12.8 Å². The number of nitrogens with zero attached hydrogens (tertiary/aromatic N) is 2. The Labute approximate surface area is 139 Å². The molecule has 0 spiro atoms. The van der Waals surface area contributed by atoms with Crippen LogP contribution < -0.4 is 5.73 Å². The lowest BCUT2D eigenvalue weighted by Crippen LogP contribution is -2.35. The van der Waals surface area contributed by atoms with Gasteiger partial charge in [0, 0.05) is 30.8 Å². The van der Waals surface area contributed by atoms with Crippen molar-refractivity contribution >= 4 is 43.2 Å². The first kappa shape index (κ1) is 17.0. The Morgan fingerprint density at radius 1 is 1.38 bits per heavy atom. The van der Waals surface area contributed by atoms with E-state index in [1.807, 2.05) is 0 Å². The van der Waals surface area contributed by atoms with Crippen LogP contribution in [0.5, 0.6) is 0 Å². The molecule has 0 amide bonds. The summed E-state index contributed by atoms with van der Waals surface area (Å²) in [6, 6.07) is 2.94. The van der Waals surface area contributed by atoms with Gasteiger partial charge in [-0.15, -0.1) is 0 Å². The van der Waals surface area contributed by atoms with E-state index >= 15 is 0 Å². The maximum Gasteiger partial charge on any atom is 0.244 e. The Kier molecular flexibility index (Phi) is 5.54. The largest absolute Gasteiger partial charge is 0.398 e. The molecule has 2 rings (SSSR count). The number of likely N-dealkylation sites (N-methyl/N-ethyl adjacent to an activating group) is 1. The zero-order valence-corrected chi connectivity index (χ0v) is 15.0. The second kappa shape index (κ2) is 6.83. The van der Waals surface area contributed by atoms with Crippen molar-refractivity contribution in [3.05, 3.63) is 21.6 Å². The molecular formula is C13H19BrClN3O2S. The van der Waals surface area contributed by atoms with E-state index in [4.69, 9.17) is 17.3 Å². The average molecular weight is 397 g/mol. The van der Waals surface area contributed by atoms with Gasteiger partial charge in [-0.25, -0.2) is 8.42 Å². The van der Waals surface area contributed by atoms with Crippen molar-refractivity contribution in [3.63, 3.8) is 0 Å². The smallest absolute Gasteiger partial charge is 0.244 e. The Morgan fingerprint density at radius 3 is 2.62 bits per heavy atom. The minimum Gasteiger partial charge on any atom is -0.398 e. The fourth-order valence-electron chi connectivity index (χ4n) is 2.35. The molecule has 0 radical (unpaired) electrons. The molecule has 118 valence electrons. The van der Waals surface area contributed by atoms with E-state index in [0.29, 0.717) is 21.7 Å². The number of halogens is 2. The third-order valence-corrected chi connectivity index (χ3v) is 6.90. The lowest BCUT2D eigenvalue weighted by atomic mass is 10.3. The van der Waals surface area contributed by atoms with Gasteiger partial charge in [-0.2, -0.15) is 4.31 Å². The minimum atomic E-state index is -3.61. The van der Waals surface area contributed by atoms with Crippen LogP contribution in [0.25, 0.3) is 0 Å². The second-order valence-electron chi connectivity index (χ2n) is 5.18. The molecule has 2 N–H and O–H groups in total. The van der Waals surface area contributed by atoms with Gasteiger partial charge in [0.15, 0.2) is 0 Å². The number of hydrogen-bond acceptors (Lipinski definition) is 4. The molecule has 1 aliphatic heterocycles. The monoisotopic (exact) mass is 395 g/mol. The predicted molar refractivity (Wildman–Crippen MR) is 89.1 cm³/mol. The Balaban J connectivity index is 2.16. The summed E-state index contributed by atoms with van der Waals surface area (Å²) in [5.74, 6) is 0. The third kappa shape index (κ3) is 3.90. The number of anilines is 1. The topological polar surface area (TPSA) is 66.6 Å². The zero-order chi connectivity index (χ0) is 15.6. The number of benzene rings is 1. The number of nitrogen functional groups attached to an aromatic ring is 1. The molecule has 1 saturated heterocycles. The van der Waals surface area contributed by atoms with Crippen LogP contribution in [-0.4, -0.2) is 50.8 Å². The summed E-state index contributed by atoms with van der Waals surface area (Å²) in [6.07, 6.45) is 2.37. The third-order valence-electron chi connectivity index (χ3n) is 3.65. The Morgan fingerprint density at radius 2 is 2.00 bits per heavy atom. The summed E-state index contributed by atoms with van der Waals surface area (Å²) in [4.78, 5) is 2.38. The van der Waals surface area contributed by atoms with Crippen LogP contribution in [0, 0.1) is 0 Å². The van der Waals surface area contributed by atoms with Gasteiger partial charge in [0.2, 0.25) is 10.0 Å². The van der Waals surface area contributed by atoms with Gasteiger partial charge in [-0.05, 0) is 54.0 Å². The molecule has 0 aliphatic carbocycles. The van der Waals surface area contributed by atoms with Gasteiger partial charge in [0.25, 0.3) is 0 Å². The number of nitrogens with two attached hydrogens (primary N) is 1. The molecule has 5 nitrogen and oxygen atoms in total. The fourth-order valence-corrected chi connectivity index (χ4v) is 4.76. The van der Waals surface area contributed by atoms with Crippen molar-refractivity contribution in [1.29, 1.82) is 0 Å². The molecule has 1 aliphatic rings. The zero-order valence-electron chi connectivity index (χ0n) is 11.8. The lowest BCUT2D eigenvalue weighted by molar-refractivity contribution is 0.310. The van der Waals surface area contributed by atoms with Crippen molar-refractivity contribution in [2.45, 2.75) is 17.7 Å². The Bertz CT molecular complexity index is 618. The van der Waals surface area contributed by atoms with Crippen molar-refractivity contribution in [2.24, 2.45) is 0 Å². The number of rotatable bonds is 5. The normalized spacial score (nSPS) is 16.8. The van der Waals surface area contributed by atoms with Gasteiger partial charge in [-0.3, -0.25) is 0 Å². The molecule has 8 heteroatoms. The quantitative estimate of drug-likeness (QED) is 0.776. The SMILES string of the molecule is CN(CCN1CCCC1)S(=O)(=O)c1cc(Cl)cc(N)c1Br. The number of hydrogen-bond donors (Lipinski definition) is 1. The highest BCUT2D eigenvalue weighted by atomic mass is 79.9. The van der Waals surface area contributed by atoms with Gasteiger partial charge in [0.1, 0.15) is 0 Å². The van der Waals surface area contributed by atoms with Crippen LogP contribution in [-0.2, 0) is 10.0 Å². The standard InChI is InChI=1S/C13H19BrClN3O2S/c1-17(6-7-18-4-2-3-5-18)21(19,20)12-9-10(15)8-11(16)13(12)14/h8-9H,2-7,16H2,1H3. The van der Waals surface area contributed by atoms with E-state index < -0.39 is 10.0 Å². The molecule has 1 fully saturated rings. The minimum absolute atomic E-state index is 0.108. The lowest BCUT2D eigenvalue weighted by Gasteiger charge is -2.22. The van der Waals surface area contributed by atoms with E-state index in [0.717, 1.165) is 19.6 Å². The summed E-state index contributed by atoms with van der Waals surface area (Å²) in [5, 5.41) is 0.308. The maximum absolute atomic E-state index is 12.6. The maximum atomic E-state index is 12.6. The van der Waals surface area contributed by atoms with Crippen LogP contribution >= 0.6 is 27.5 Å². The molecule has 1 aromatic rings. The molecule has 0 atom stereocenters. The van der Waals surface area contributed by atoms with Crippen LogP contribution in [0.15, 0.2) is 21.5 Å². The van der Waals surface area contributed by atoms with E-state index in [1.54, 1.807) is 7.05 Å². The first-order valence-electron chi connectivity index (χ1n) is 6.75. The van der Waals surface area contributed by atoms with Crippen LogP contribution in [0.4, 0.5) is 5.69 Å². The number of sulfonamides is 1. The summed E-state index contributed by atoms with van der Waals surface area (Å²) < 4.78 is 27.0. The highest BCUT2D eigenvalue weighted by Crippen LogP contribution is 2.32. The highest BCUT2D eigenvalue weighted by Gasteiger charge is 2.25. The summed E-state index contributed by atoms with van der Waals surface area (Å²) >= 11 is 9.16. The second-order valence-corrected chi connectivity index (χ2v) is 8.43. The first-order chi connectivity index (χ1) is 9.82. The summed E-state index contributed by atoms with van der Waals surface area (Å²) in [7, 11) is -2.03. The fraction of sp³-hybridized carbons (Fsp3) is 0.538. The molecule has 0 unspecified atom stereocenters. The molecule has 0 saturated carbocycles. The Hall–Kier alpha value is -0.340. The molecule has 1 aromatic carbocycles. The van der Waals surface area contributed by atoms with E-state index in [2.05, 4.69) is 20.8 Å². The molecule has 0 bridgehead atoms. The van der Waals surface area contributed by atoms with E-state index in [-0.39, 0.29) is 4.90 Å². The molecular weight excluding hydrogens is 378 g/mol. The van der Waals surface area contributed by atoms with Crippen LogP contribution in [0.3, 0.4) is 0 Å². The molecule has 0 aromatic heterocycles.